The summed E-state index contributed by atoms with van der Waals surface area (Å²) in [4.78, 5) is 0. The van der Waals surface area contributed by atoms with Crippen LogP contribution >= 0.6 is 0 Å². The zero-order chi connectivity index (χ0) is 11.1. The van der Waals surface area contributed by atoms with E-state index in [-0.39, 0.29) is 6.61 Å². The van der Waals surface area contributed by atoms with Crippen LogP contribution in [0.3, 0.4) is 0 Å². The highest BCUT2D eigenvalue weighted by Gasteiger charge is 2.02. The quantitative estimate of drug-likeness (QED) is 0.703. The normalized spacial score (nSPS) is 10.3. The maximum absolute atomic E-state index is 8.69. The first-order chi connectivity index (χ1) is 7.29. The lowest BCUT2D eigenvalue weighted by Crippen LogP contribution is -2.06. The Bertz CT molecular complexity index is 297. The summed E-state index contributed by atoms with van der Waals surface area (Å²) in [6, 6.07) is 6.40. The summed E-state index contributed by atoms with van der Waals surface area (Å²) < 4.78 is 0. The molecule has 0 amide bonds. The van der Waals surface area contributed by atoms with Gasteiger partial charge in [0.2, 0.25) is 0 Å². The number of aliphatic hydroxyl groups excluding tert-OH is 1. The molecule has 0 atom stereocenters. The predicted molar refractivity (Wildman–Crippen MR) is 65.4 cm³/mol. The highest BCUT2D eigenvalue weighted by atomic mass is 16.2. The Hall–Kier alpha value is -1.02. The molecule has 2 nitrogen and oxygen atoms in total. The molecule has 0 spiro atoms. The smallest absolute Gasteiger partial charge is 0.0431 e. The van der Waals surface area contributed by atoms with Crippen molar-refractivity contribution in [2.45, 2.75) is 33.1 Å². The molecule has 0 heterocycles. The molecule has 1 aromatic rings. The minimum Gasteiger partial charge on any atom is -0.396 e. The Balaban J connectivity index is 2.58. The zero-order valence-electron chi connectivity index (χ0n) is 9.71. The van der Waals surface area contributed by atoms with Gasteiger partial charge in [0.1, 0.15) is 0 Å². The van der Waals surface area contributed by atoms with Gasteiger partial charge in [0.05, 0.1) is 0 Å². The van der Waals surface area contributed by atoms with Crippen LogP contribution < -0.4 is 5.32 Å². The van der Waals surface area contributed by atoms with E-state index in [0.717, 1.165) is 25.8 Å². The van der Waals surface area contributed by atoms with E-state index in [9.17, 15) is 0 Å². The van der Waals surface area contributed by atoms with Gasteiger partial charge in [0.25, 0.3) is 0 Å². The first-order valence-corrected chi connectivity index (χ1v) is 5.72. The minimum absolute atomic E-state index is 0.288. The van der Waals surface area contributed by atoms with Gasteiger partial charge in [0.15, 0.2) is 0 Å². The fourth-order valence-corrected chi connectivity index (χ4v) is 1.73. The number of anilines is 1. The number of aryl methyl sites for hydroxylation is 2. The summed E-state index contributed by atoms with van der Waals surface area (Å²) >= 11 is 0. The van der Waals surface area contributed by atoms with Gasteiger partial charge in [-0.25, -0.2) is 0 Å². The number of rotatable bonds is 6. The summed E-state index contributed by atoms with van der Waals surface area (Å²) in [5.74, 6) is 0. The number of para-hydroxylation sites is 1. The van der Waals surface area contributed by atoms with E-state index in [1.807, 2.05) is 0 Å². The number of unbranched alkanes of at least 4 members (excludes halogenated alkanes) is 1. The molecule has 15 heavy (non-hydrogen) atoms. The third-order valence-electron chi connectivity index (χ3n) is 2.63. The molecular weight excluding hydrogens is 186 g/mol. The molecule has 0 aliphatic rings. The van der Waals surface area contributed by atoms with Crippen LogP contribution in [-0.4, -0.2) is 18.3 Å². The Labute approximate surface area is 92.3 Å². The highest BCUT2D eigenvalue weighted by molar-refractivity contribution is 5.57. The summed E-state index contributed by atoms with van der Waals surface area (Å²) in [5.41, 5.74) is 3.95. The predicted octanol–water partition coefficient (Wildman–Crippen LogP) is 2.74. The first kappa shape index (κ1) is 12.1. The number of hydrogen-bond donors (Lipinski definition) is 2. The third kappa shape index (κ3) is 3.56. The second-order valence-electron chi connectivity index (χ2n) is 3.82. The third-order valence-corrected chi connectivity index (χ3v) is 2.63. The molecule has 0 bridgehead atoms. The molecule has 0 saturated heterocycles. The second kappa shape index (κ2) is 6.46. The number of hydrogen-bond acceptors (Lipinski definition) is 2. The van der Waals surface area contributed by atoms with Crippen molar-refractivity contribution >= 4 is 5.69 Å². The van der Waals surface area contributed by atoms with Crippen molar-refractivity contribution in [3.8, 4) is 0 Å². The average Bonchev–Trinajstić information content (AvgIpc) is 2.26. The fraction of sp³-hybridized carbons (Fsp3) is 0.538. The highest BCUT2D eigenvalue weighted by Crippen LogP contribution is 2.20. The van der Waals surface area contributed by atoms with Crippen LogP contribution in [0, 0.1) is 6.92 Å². The minimum atomic E-state index is 0.288. The maximum Gasteiger partial charge on any atom is 0.0431 e. The lowest BCUT2D eigenvalue weighted by Gasteiger charge is -2.13. The van der Waals surface area contributed by atoms with Crippen molar-refractivity contribution in [3.63, 3.8) is 0 Å². The van der Waals surface area contributed by atoms with Gasteiger partial charge in [-0.3, -0.25) is 0 Å². The van der Waals surface area contributed by atoms with Crippen molar-refractivity contribution in [1.29, 1.82) is 0 Å². The zero-order valence-corrected chi connectivity index (χ0v) is 9.71. The molecule has 1 aromatic carbocycles. The summed E-state index contributed by atoms with van der Waals surface area (Å²) in [5, 5.41) is 12.1. The van der Waals surface area contributed by atoms with E-state index in [1.165, 1.54) is 16.8 Å². The number of benzene rings is 1. The van der Waals surface area contributed by atoms with Crippen LogP contribution in [0.2, 0.25) is 0 Å². The van der Waals surface area contributed by atoms with Crippen molar-refractivity contribution in [1.82, 2.24) is 0 Å². The van der Waals surface area contributed by atoms with Gasteiger partial charge in [-0.15, -0.1) is 0 Å². The molecule has 0 saturated carbocycles. The van der Waals surface area contributed by atoms with Gasteiger partial charge in [-0.05, 0) is 37.3 Å². The molecule has 2 heteroatoms. The van der Waals surface area contributed by atoms with E-state index in [0.29, 0.717) is 0 Å². The number of aliphatic hydroxyl groups is 1. The molecule has 0 fully saturated rings. The number of nitrogens with one attached hydrogen (secondary N) is 1. The van der Waals surface area contributed by atoms with Crippen LogP contribution in [-0.2, 0) is 6.42 Å². The molecule has 0 unspecified atom stereocenters. The Morgan fingerprint density at radius 2 is 2.07 bits per heavy atom. The monoisotopic (exact) mass is 207 g/mol. The summed E-state index contributed by atoms with van der Waals surface area (Å²) in [6.45, 7) is 5.54. The lowest BCUT2D eigenvalue weighted by atomic mass is 10.1. The summed E-state index contributed by atoms with van der Waals surface area (Å²) in [7, 11) is 0. The van der Waals surface area contributed by atoms with Crippen LogP contribution in [0.1, 0.15) is 30.9 Å². The molecular formula is C13H21NO. The summed E-state index contributed by atoms with van der Waals surface area (Å²) in [6.07, 6.45) is 2.96. The van der Waals surface area contributed by atoms with Crippen LogP contribution in [0.25, 0.3) is 0 Å². The molecule has 84 valence electrons. The van der Waals surface area contributed by atoms with Crippen molar-refractivity contribution in [2.24, 2.45) is 0 Å². The molecule has 0 aromatic heterocycles. The van der Waals surface area contributed by atoms with Crippen molar-refractivity contribution in [3.05, 3.63) is 29.3 Å². The van der Waals surface area contributed by atoms with E-state index >= 15 is 0 Å². The van der Waals surface area contributed by atoms with Gasteiger partial charge in [0, 0.05) is 18.8 Å². The van der Waals surface area contributed by atoms with E-state index in [1.54, 1.807) is 0 Å². The van der Waals surface area contributed by atoms with E-state index < -0.39 is 0 Å². The Kier molecular flexibility index (Phi) is 5.19. The van der Waals surface area contributed by atoms with Crippen molar-refractivity contribution in [2.75, 3.05) is 18.5 Å². The van der Waals surface area contributed by atoms with Crippen LogP contribution in [0.15, 0.2) is 18.2 Å². The average molecular weight is 207 g/mol. The Morgan fingerprint density at radius 1 is 1.27 bits per heavy atom. The van der Waals surface area contributed by atoms with Gasteiger partial charge in [-0.1, -0.05) is 25.1 Å². The molecule has 0 aliphatic heterocycles. The Morgan fingerprint density at radius 3 is 2.73 bits per heavy atom. The van der Waals surface area contributed by atoms with Crippen LogP contribution in [0.5, 0.6) is 0 Å². The lowest BCUT2D eigenvalue weighted by molar-refractivity contribution is 0.286. The molecule has 0 aliphatic carbocycles. The maximum atomic E-state index is 8.69. The van der Waals surface area contributed by atoms with E-state index in [2.05, 4.69) is 37.4 Å². The topological polar surface area (TPSA) is 32.3 Å². The molecule has 2 N–H and O–H groups in total. The second-order valence-corrected chi connectivity index (χ2v) is 3.82. The first-order valence-electron chi connectivity index (χ1n) is 5.72. The largest absolute Gasteiger partial charge is 0.396 e. The molecule has 1 rings (SSSR count). The standard InChI is InChI=1S/C13H21NO/c1-3-12-8-6-7-11(2)13(12)14-9-4-5-10-15/h6-8,14-15H,3-5,9-10H2,1-2H3. The van der Waals surface area contributed by atoms with Gasteiger partial charge in [-0.2, -0.15) is 0 Å². The van der Waals surface area contributed by atoms with Gasteiger partial charge >= 0.3 is 0 Å². The van der Waals surface area contributed by atoms with Crippen LogP contribution in [0.4, 0.5) is 5.69 Å². The fourth-order valence-electron chi connectivity index (χ4n) is 1.73. The van der Waals surface area contributed by atoms with Gasteiger partial charge < -0.3 is 10.4 Å². The SMILES string of the molecule is CCc1cccc(C)c1NCCCCO. The van der Waals surface area contributed by atoms with E-state index in [4.69, 9.17) is 5.11 Å². The molecule has 0 radical (unpaired) electrons. The van der Waals surface area contributed by atoms with Crippen molar-refractivity contribution < 1.29 is 5.11 Å².